The van der Waals surface area contributed by atoms with Crippen molar-refractivity contribution in [1.82, 2.24) is 0 Å². The molecule has 0 N–H and O–H groups in total. The predicted molar refractivity (Wildman–Crippen MR) is 99.1 cm³/mol. The minimum absolute atomic E-state index is 0. The molecular weight excluding hydrogens is 374 g/mol. The molecule has 23 heavy (non-hydrogen) atoms. The Morgan fingerprint density at radius 2 is 1.70 bits per heavy atom. The zero-order valence-corrected chi connectivity index (χ0v) is 16.8. The molecular formula is C16H22BrLiO4P. The normalized spacial score (nSPS) is 15.3. The second kappa shape index (κ2) is 9.94. The van der Waals surface area contributed by atoms with E-state index in [0.29, 0.717) is 32.9 Å². The summed E-state index contributed by atoms with van der Waals surface area (Å²) in [6, 6.07) is 1.76. The van der Waals surface area contributed by atoms with Gasteiger partial charge in [-0.25, -0.2) is 0 Å². The summed E-state index contributed by atoms with van der Waals surface area (Å²) in [6.07, 6.45) is 6.01. The first-order chi connectivity index (χ1) is 10.6. The van der Waals surface area contributed by atoms with Gasteiger partial charge in [-0.1, -0.05) is 19.3 Å². The van der Waals surface area contributed by atoms with Crippen molar-refractivity contribution in [3.63, 3.8) is 0 Å². The van der Waals surface area contributed by atoms with Crippen molar-refractivity contribution in [3.05, 3.63) is 16.1 Å². The van der Waals surface area contributed by atoms with Gasteiger partial charge >= 0.3 is 0 Å². The molecule has 1 aromatic carbocycles. The molecule has 0 bridgehead atoms. The van der Waals surface area contributed by atoms with Crippen LogP contribution in [0.25, 0.3) is 0 Å². The molecule has 1 radical (unpaired) electrons. The van der Waals surface area contributed by atoms with Gasteiger partial charge < -0.3 is 14.2 Å². The average Bonchev–Trinajstić information content (AvgIpc) is 2.54. The molecule has 1 aliphatic carbocycles. The third-order valence-corrected chi connectivity index (χ3v) is 6.04. The van der Waals surface area contributed by atoms with Crippen LogP contribution in [-0.2, 0) is 0 Å². The van der Waals surface area contributed by atoms with Crippen LogP contribution in [0.3, 0.4) is 0 Å². The summed E-state index contributed by atoms with van der Waals surface area (Å²) >= 11 is 3.45. The summed E-state index contributed by atoms with van der Waals surface area (Å²) in [7, 11) is 4.92. The van der Waals surface area contributed by atoms with Crippen LogP contribution in [0.5, 0.6) is 17.2 Å². The molecule has 4 nitrogen and oxygen atoms in total. The molecule has 2 rings (SSSR count). The maximum Gasteiger partial charge on any atom is 0.189 e. The van der Waals surface area contributed by atoms with Crippen molar-refractivity contribution >= 4 is 48.9 Å². The summed E-state index contributed by atoms with van der Waals surface area (Å²) < 4.78 is 16.9. The van der Waals surface area contributed by atoms with Crippen molar-refractivity contribution in [3.8, 4) is 17.2 Å². The summed E-state index contributed by atoms with van der Waals surface area (Å²) in [4.78, 5) is 12.9. The zero-order chi connectivity index (χ0) is 16.1. The SMILES string of the molecule is COc1cc(Br)c(OC)c(C(=O)PC2CCCCC2)c1OC.[Li]. The van der Waals surface area contributed by atoms with Gasteiger partial charge in [0, 0.05) is 24.9 Å². The molecule has 123 valence electrons. The molecule has 0 aromatic heterocycles. The van der Waals surface area contributed by atoms with Gasteiger partial charge in [0.05, 0.1) is 25.8 Å². The molecule has 1 unspecified atom stereocenters. The zero-order valence-electron chi connectivity index (χ0n) is 14.2. The Balaban J connectivity index is 0.00000264. The molecule has 0 aliphatic heterocycles. The van der Waals surface area contributed by atoms with E-state index in [1.54, 1.807) is 27.4 Å². The quantitative estimate of drug-likeness (QED) is 0.533. The van der Waals surface area contributed by atoms with E-state index in [1.165, 1.54) is 19.3 Å². The van der Waals surface area contributed by atoms with Crippen LogP contribution in [0.15, 0.2) is 10.5 Å². The van der Waals surface area contributed by atoms with Crippen LogP contribution < -0.4 is 14.2 Å². The van der Waals surface area contributed by atoms with Crippen molar-refractivity contribution in [2.24, 2.45) is 0 Å². The molecule has 0 saturated heterocycles. The summed E-state index contributed by atoms with van der Waals surface area (Å²) in [5.41, 5.74) is 1.06. The van der Waals surface area contributed by atoms with Crippen LogP contribution >= 0.6 is 24.5 Å². The average molecular weight is 396 g/mol. The van der Waals surface area contributed by atoms with Gasteiger partial charge in [0.1, 0.15) is 11.3 Å². The van der Waals surface area contributed by atoms with Crippen molar-refractivity contribution in [2.75, 3.05) is 21.3 Å². The van der Waals surface area contributed by atoms with Gasteiger partial charge in [-0.05, 0) is 43.0 Å². The van der Waals surface area contributed by atoms with E-state index in [2.05, 4.69) is 15.9 Å². The third kappa shape index (κ3) is 4.89. The van der Waals surface area contributed by atoms with Crippen LogP contribution in [-0.4, -0.2) is 51.4 Å². The first-order valence-electron chi connectivity index (χ1n) is 7.41. The van der Waals surface area contributed by atoms with E-state index in [9.17, 15) is 4.79 Å². The number of ether oxygens (including phenoxy) is 3. The van der Waals surface area contributed by atoms with Crippen LogP contribution in [0.4, 0.5) is 0 Å². The summed E-state index contributed by atoms with van der Waals surface area (Å²) in [5, 5.41) is 0. The number of hydrogen-bond acceptors (Lipinski definition) is 4. The van der Waals surface area contributed by atoms with E-state index in [1.807, 2.05) is 0 Å². The Labute approximate surface area is 160 Å². The fourth-order valence-corrected chi connectivity index (χ4v) is 4.86. The molecule has 1 aromatic rings. The van der Waals surface area contributed by atoms with Crippen LogP contribution in [0, 0.1) is 0 Å². The van der Waals surface area contributed by atoms with E-state index in [4.69, 9.17) is 14.2 Å². The van der Waals surface area contributed by atoms with Crippen LogP contribution in [0.2, 0.25) is 0 Å². The second-order valence-electron chi connectivity index (χ2n) is 5.31. The van der Waals surface area contributed by atoms with Gasteiger partial charge in [0.25, 0.3) is 0 Å². The van der Waals surface area contributed by atoms with Gasteiger partial charge in [0.2, 0.25) is 0 Å². The molecule has 0 amide bonds. The van der Waals surface area contributed by atoms with Gasteiger partial charge in [-0.2, -0.15) is 0 Å². The topological polar surface area (TPSA) is 44.8 Å². The maximum atomic E-state index is 12.9. The predicted octanol–water partition coefficient (Wildman–Crippen LogP) is 4.25. The first-order valence-corrected chi connectivity index (χ1v) is 9.28. The van der Waals surface area contributed by atoms with Crippen molar-refractivity contribution in [2.45, 2.75) is 37.8 Å². The Morgan fingerprint density at radius 3 is 2.22 bits per heavy atom. The molecule has 0 heterocycles. The summed E-state index contributed by atoms with van der Waals surface area (Å²) in [6.45, 7) is 0. The number of methoxy groups -OCH3 is 3. The molecule has 1 saturated carbocycles. The summed E-state index contributed by atoms with van der Waals surface area (Å²) in [5.74, 6) is 1.51. The Kier molecular flexibility index (Phi) is 9.01. The largest absolute Gasteiger partial charge is 0.495 e. The number of hydrogen-bond donors (Lipinski definition) is 0. The number of carbonyl (C=O) groups is 1. The monoisotopic (exact) mass is 395 g/mol. The fraction of sp³-hybridized carbons (Fsp3) is 0.562. The Bertz CT molecular complexity index is 547. The van der Waals surface area contributed by atoms with E-state index in [0.717, 1.165) is 12.8 Å². The van der Waals surface area contributed by atoms with E-state index in [-0.39, 0.29) is 33.0 Å². The molecule has 1 atom stereocenters. The van der Waals surface area contributed by atoms with Crippen molar-refractivity contribution < 1.29 is 19.0 Å². The molecule has 7 heteroatoms. The molecule has 0 spiro atoms. The number of carbonyl (C=O) groups excluding carboxylic acids is 1. The Hall–Kier alpha value is -0.203. The molecule has 1 fully saturated rings. The Morgan fingerprint density at radius 1 is 1.09 bits per heavy atom. The van der Waals surface area contributed by atoms with Gasteiger partial charge in [-0.15, -0.1) is 0 Å². The van der Waals surface area contributed by atoms with E-state index >= 15 is 0 Å². The second-order valence-corrected chi connectivity index (χ2v) is 7.72. The minimum atomic E-state index is 0. The standard InChI is InChI=1S/C16H22BrO4P.Li/c1-19-12-9-11(17)14(20-2)13(15(12)21-3)16(18)22-10-7-5-4-6-8-10;/h9-10,22H,4-8H2,1-3H3;. The smallest absolute Gasteiger partial charge is 0.189 e. The van der Waals surface area contributed by atoms with Crippen LogP contribution in [0.1, 0.15) is 42.5 Å². The third-order valence-electron chi connectivity index (χ3n) is 3.95. The van der Waals surface area contributed by atoms with Gasteiger partial charge in [-0.3, -0.25) is 4.79 Å². The molecule has 1 aliphatic rings. The number of benzene rings is 1. The number of rotatable bonds is 6. The minimum Gasteiger partial charge on any atom is -0.495 e. The fourth-order valence-electron chi connectivity index (χ4n) is 2.86. The first kappa shape index (κ1) is 20.8. The van der Waals surface area contributed by atoms with Gasteiger partial charge in [0.15, 0.2) is 17.0 Å². The number of halogens is 1. The van der Waals surface area contributed by atoms with E-state index < -0.39 is 0 Å². The van der Waals surface area contributed by atoms with Crippen molar-refractivity contribution in [1.29, 1.82) is 0 Å². The maximum absolute atomic E-state index is 12.9.